The molecule has 2 aliphatic rings. The van der Waals surface area contributed by atoms with Gasteiger partial charge in [0.25, 0.3) is 5.91 Å². The van der Waals surface area contributed by atoms with Crippen LogP contribution in [0.3, 0.4) is 0 Å². The van der Waals surface area contributed by atoms with Gasteiger partial charge in [0, 0.05) is 17.7 Å². The van der Waals surface area contributed by atoms with Gasteiger partial charge in [-0.15, -0.1) is 0 Å². The number of carbonyl (C=O) groups is 1. The van der Waals surface area contributed by atoms with Gasteiger partial charge in [0.05, 0.1) is 0 Å². The van der Waals surface area contributed by atoms with Gasteiger partial charge in [-0.2, -0.15) is 0 Å². The molecular weight excluding hydrogens is 453 g/mol. The Kier molecular flexibility index (Phi) is 5.20. The van der Waals surface area contributed by atoms with Crippen LogP contribution in [0, 0.1) is 18.2 Å². The van der Waals surface area contributed by atoms with Gasteiger partial charge < -0.3 is 15.8 Å². The quantitative estimate of drug-likeness (QED) is 0.261. The van der Waals surface area contributed by atoms with Gasteiger partial charge >= 0.3 is 0 Å². The lowest BCUT2D eigenvalue weighted by atomic mass is 9.81. The van der Waals surface area contributed by atoms with E-state index in [1.165, 1.54) is 12.1 Å². The van der Waals surface area contributed by atoms with Gasteiger partial charge in [0.15, 0.2) is 0 Å². The Bertz CT molecular complexity index is 1530. The number of ether oxygens (including phenoxy) is 1. The van der Waals surface area contributed by atoms with Crippen LogP contribution >= 0.6 is 0 Å². The number of nitrogen functional groups attached to an aromatic ring is 1. The molecule has 2 atom stereocenters. The topological polar surface area (TPSA) is 88.2 Å². The van der Waals surface area contributed by atoms with Crippen molar-refractivity contribution in [2.24, 2.45) is 5.73 Å². The zero-order valence-corrected chi connectivity index (χ0v) is 19.6. The second-order valence-electron chi connectivity index (χ2n) is 9.34. The highest BCUT2D eigenvalue weighted by atomic mass is 19.1. The summed E-state index contributed by atoms with van der Waals surface area (Å²) in [5.41, 5.74) is 15.2. The lowest BCUT2D eigenvalue weighted by Gasteiger charge is -2.20. The van der Waals surface area contributed by atoms with Crippen molar-refractivity contribution in [3.63, 3.8) is 0 Å². The molecule has 0 saturated heterocycles. The molecule has 2 bridgehead atoms. The van der Waals surface area contributed by atoms with Crippen LogP contribution in [0.5, 0.6) is 0 Å². The van der Waals surface area contributed by atoms with Crippen LogP contribution in [-0.2, 0) is 11.3 Å². The molecule has 36 heavy (non-hydrogen) atoms. The van der Waals surface area contributed by atoms with Crippen LogP contribution in [0.1, 0.15) is 61.5 Å². The molecule has 5 nitrogen and oxygen atoms in total. The van der Waals surface area contributed by atoms with Gasteiger partial charge in [0.1, 0.15) is 23.9 Å². The lowest BCUT2D eigenvalue weighted by Crippen LogP contribution is -2.23. The van der Waals surface area contributed by atoms with E-state index in [1.54, 1.807) is 24.3 Å². The summed E-state index contributed by atoms with van der Waals surface area (Å²) in [6.45, 7) is 2.45. The van der Waals surface area contributed by atoms with Crippen molar-refractivity contribution in [1.29, 1.82) is 5.41 Å². The number of rotatable bonds is 5. The molecule has 4 aromatic rings. The first-order chi connectivity index (χ1) is 17.4. The Labute approximate surface area is 208 Å². The molecule has 4 N–H and O–H groups in total. The summed E-state index contributed by atoms with van der Waals surface area (Å²) < 4.78 is 19.8. The first-order valence-electron chi connectivity index (χ1n) is 11.8. The maximum absolute atomic E-state index is 13.4. The van der Waals surface area contributed by atoms with Crippen molar-refractivity contribution >= 4 is 11.7 Å². The zero-order chi connectivity index (χ0) is 25.0. The summed E-state index contributed by atoms with van der Waals surface area (Å²) in [4.78, 5) is 12.9. The summed E-state index contributed by atoms with van der Waals surface area (Å²) in [5.74, 6) is -0.387. The maximum Gasteiger partial charge on any atom is 0.251 e. The van der Waals surface area contributed by atoms with E-state index < -0.39 is 0 Å². The molecule has 0 fully saturated rings. The van der Waals surface area contributed by atoms with E-state index in [-0.39, 0.29) is 29.8 Å². The number of nitrogens with one attached hydrogen (secondary N) is 2. The third-order valence-corrected chi connectivity index (χ3v) is 7.05. The molecule has 6 rings (SSSR count). The number of amidine groups is 1. The Morgan fingerprint density at radius 2 is 1.61 bits per heavy atom. The number of aryl methyl sites for hydroxylation is 1. The van der Waals surface area contributed by atoms with Crippen LogP contribution in [0.4, 0.5) is 4.39 Å². The molecule has 2 heterocycles. The third-order valence-electron chi connectivity index (χ3n) is 7.05. The molecule has 0 radical (unpaired) electrons. The minimum Gasteiger partial charge on any atom is -0.384 e. The third kappa shape index (κ3) is 3.67. The predicted molar refractivity (Wildman–Crippen MR) is 136 cm³/mol. The summed E-state index contributed by atoms with van der Waals surface area (Å²) in [7, 11) is 0. The van der Waals surface area contributed by atoms with Crippen LogP contribution in [-0.4, -0.2) is 11.7 Å². The number of halogens is 1. The number of carbonyl (C=O) groups excluding carboxylic acids is 1. The number of benzene rings is 4. The Morgan fingerprint density at radius 1 is 0.889 bits per heavy atom. The molecule has 1 amide bonds. The van der Waals surface area contributed by atoms with E-state index in [1.807, 2.05) is 30.3 Å². The molecule has 0 saturated carbocycles. The fraction of sp³-hybridized carbons (Fsp3) is 0.133. The van der Waals surface area contributed by atoms with Gasteiger partial charge in [-0.3, -0.25) is 10.2 Å². The van der Waals surface area contributed by atoms with Gasteiger partial charge in [0.2, 0.25) is 0 Å². The minimum absolute atomic E-state index is 0.0173. The standard InChI is InChI=1S/C30H24FN3O2/c1-16-12-21(18-6-9-22(31)10-7-18)14-25-26(16)28-24-13-20(8-11-23(24)27(25)36-28)30(35)34-15-17-2-4-19(5-3-17)29(32)33/h2-14,27-28H,15H2,1H3,(H3,32,33)(H,34,35). The number of hydrogen-bond acceptors (Lipinski definition) is 3. The molecule has 2 unspecified atom stereocenters. The smallest absolute Gasteiger partial charge is 0.251 e. The average Bonchev–Trinajstić information content (AvgIpc) is 3.45. The first-order valence-corrected chi connectivity index (χ1v) is 11.8. The Hall–Kier alpha value is -4.29. The van der Waals surface area contributed by atoms with E-state index in [2.05, 4.69) is 24.4 Å². The van der Waals surface area contributed by atoms with E-state index in [0.29, 0.717) is 17.7 Å². The second-order valence-corrected chi connectivity index (χ2v) is 9.34. The van der Waals surface area contributed by atoms with Crippen molar-refractivity contribution in [3.05, 3.63) is 129 Å². The van der Waals surface area contributed by atoms with Crippen LogP contribution in [0.15, 0.2) is 78.9 Å². The number of fused-ring (bicyclic) bond motifs is 8. The number of hydrogen-bond donors (Lipinski definition) is 3. The van der Waals surface area contributed by atoms with Crippen LogP contribution < -0.4 is 11.1 Å². The van der Waals surface area contributed by atoms with Crippen molar-refractivity contribution in [2.75, 3.05) is 0 Å². The highest BCUT2D eigenvalue weighted by molar-refractivity contribution is 5.95. The van der Waals surface area contributed by atoms with Gasteiger partial charge in [-0.25, -0.2) is 4.39 Å². The highest BCUT2D eigenvalue weighted by Crippen LogP contribution is 2.55. The first kappa shape index (κ1) is 22.2. The highest BCUT2D eigenvalue weighted by Gasteiger charge is 2.44. The number of amides is 1. The zero-order valence-electron chi connectivity index (χ0n) is 19.6. The van der Waals surface area contributed by atoms with E-state index in [9.17, 15) is 9.18 Å². The van der Waals surface area contributed by atoms with E-state index >= 15 is 0 Å². The van der Waals surface area contributed by atoms with Crippen LogP contribution in [0.2, 0.25) is 0 Å². The summed E-state index contributed by atoms with van der Waals surface area (Å²) in [6, 6.07) is 23.8. The lowest BCUT2D eigenvalue weighted by molar-refractivity contribution is 0.0855. The van der Waals surface area contributed by atoms with Gasteiger partial charge in [-0.05, 0) is 81.8 Å². The fourth-order valence-electron chi connectivity index (χ4n) is 5.23. The molecule has 0 aromatic heterocycles. The molecule has 2 aliphatic heterocycles. The van der Waals surface area contributed by atoms with Crippen molar-refractivity contribution in [3.8, 4) is 11.1 Å². The van der Waals surface area contributed by atoms with Crippen molar-refractivity contribution in [1.82, 2.24) is 5.32 Å². The molecule has 4 aromatic carbocycles. The SMILES string of the molecule is Cc1cc(-c2ccc(F)cc2)cc2c1C1OC2c2ccc(C(=O)NCc3ccc(C(=N)N)cc3)cc21. The molecule has 6 heteroatoms. The van der Waals surface area contributed by atoms with Crippen molar-refractivity contribution < 1.29 is 13.9 Å². The molecule has 0 spiro atoms. The van der Waals surface area contributed by atoms with E-state index in [0.717, 1.165) is 44.5 Å². The van der Waals surface area contributed by atoms with Crippen LogP contribution in [0.25, 0.3) is 11.1 Å². The largest absolute Gasteiger partial charge is 0.384 e. The minimum atomic E-state index is -0.251. The Morgan fingerprint density at radius 3 is 2.33 bits per heavy atom. The average molecular weight is 478 g/mol. The summed E-state index contributed by atoms with van der Waals surface area (Å²) >= 11 is 0. The monoisotopic (exact) mass is 477 g/mol. The molecule has 0 aliphatic carbocycles. The summed E-state index contributed by atoms with van der Waals surface area (Å²) in [6.07, 6.45) is -0.370. The maximum atomic E-state index is 13.4. The normalized spacial score (nSPS) is 16.9. The van der Waals surface area contributed by atoms with Gasteiger partial charge in [-0.1, -0.05) is 48.5 Å². The predicted octanol–water partition coefficient (Wildman–Crippen LogP) is 5.54. The molecule has 178 valence electrons. The summed E-state index contributed by atoms with van der Waals surface area (Å²) in [5, 5.41) is 10.5. The second kappa shape index (κ2) is 8.43. The number of nitrogens with two attached hydrogens (primary N) is 1. The van der Waals surface area contributed by atoms with Crippen molar-refractivity contribution in [2.45, 2.75) is 25.7 Å². The Balaban J connectivity index is 1.23. The molecular formula is C30H24FN3O2. The fourth-order valence-corrected chi connectivity index (χ4v) is 5.23. The van der Waals surface area contributed by atoms with E-state index in [4.69, 9.17) is 15.9 Å².